The summed E-state index contributed by atoms with van der Waals surface area (Å²) in [4.78, 5) is 25.9. The van der Waals surface area contributed by atoms with Gasteiger partial charge in [0.25, 0.3) is 11.8 Å². The molecule has 1 unspecified atom stereocenters. The molecule has 1 atom stereocenters. The molecular formula is C16H18N2O5. The van der Waals surface area contributed by atoms with Gasteiger partial charge in [0.2, 0.25) is 0 Å². The Bertz CT molecular complexity index is 683. The second kappa shape index (κ2) is 5.92. The van der Waals surface area contributed by atoms with E-state index in [2.05, 4.69) is 5.32 Å². The van der Waals surface area contributed by atoms with Crippen molar-refractivity contribution >= 4 is 17.5 Å². The number of carbonyl (C=O) groups is 2. The molecule has 122 valence electrons. The van der Waals surface area contributed by atoms with Crippen LogP contribution in [0.5, 0.6) is 5.75 Å². The maximum absolute atomic E-state index is 12.3. The van der Waals surface area contributed by atoms with Gasteiger partial charge in [-0.15, -0.1) is 0 Å². The fourth-order valence-electron chi connectivity index (χ4n) is 2.62. The summed E-state index contributed by atoms with van der Waals surface area (Å²) in [5.41, 5.74) is 0.262. The Kier molecular flexibility index (Phi) is 3.96. The second-order valence-corrected chi connectivity index (χ2v) is 5.70. The number of carbonyl (C=O) groups excluding carboxylic acids is 2. The maximum atomic E-state index is 12.3. The quantitative estimate of drug-likeness (QED) is 0.820. The van der Waals surface area contributed by atoms with Gasteiger partial charge in [-0.25, -0.2) is 0 Å². The summed E-state index contributed by atoms with van der Waals surface area (Å²) in [5, 5.41) is 12.7. The predicted octanol–water partition coefficient (Wildman–Crippen LogP) is 1.42. The molecule has 0 spiro atoms. The van der Waals surface area contributed by atoms with Crippen LogP contribution in [0.3, 0.4) is 0 Å². The summed E-state index contributed by atoms with van der Waals surface area (Å²) in [6, 6.07) is 6.31. The zero-order valence-corrected chi connectivity index (χ0v) is 12.9. The summed E-state index contributed by atoms with van der Waals surface area (Å²) in [5.74, 6) is -0.775. The van der Waals surface area contributed by atoms with E-state index in [1.54, 1.807) is 24.3 Å². The number of fused-ring (bicyclic) bond motifs is 1. The molecule has 2 amide bonds. The molecule has 0 radical (unpaired) electrons. The van der Waals surface area contributed by atoms with Crippen LogP contribution in [-0.2, 0) is 14.3 Å². The first-order chi connectivity index (χ1) is 11.0. The molecule has 3 rings (SSSR count). The molecule has 7 nitrogen and oxygen atoms in total. The van der Waals surface area contributed by atoms with Gasteiger partial charge in [-0.05, 0) is 26.0 Å². The number of nitrogens with zero attached hydrogens (tertiary/aromatic N) is 1. The Hall–Kier alpha value is -2.54. The summed E-state index contributed by atoms with van der Waals surface area (Å²) in [7, 11) is 0. The molecule has 7 heteroatoms. The van der Waals surface area contributed by atoms with Crippen LogP contribution in [0, 0.1) is 0 Å². The van der Waals surface area contributed by atoms with Gasteiger partial charge in [0, 0.05) is 11.8 Å². The normalized spacial score (nSPS) is 20.2. The monoisotopic (exact) mass is 318 g/mol. The third kappa shape index (κ3) is 2.87. The fraction of sp³-hybridized carbons (Fsp3) is 0.375. The first-order valence-electron chi connectivity index (χ1n) is 7.37. The average Bonchev–Trinajstić information content (AvgIpc) is 3.03. The lowest BCUT2D eigenvalue weighted by Gasteiger charge is -2.12. The third-order valence-electron chi connectivity index (χ3n) is 3.62. The van der Waals surface area contributed by atoms with E-state index < -0.39 is 17.9 Å². The van der Waals surface area contributed by atoms with Gasteiger partial charge >= 0.3 is 0 Å². The van der Waals surface area contributed by atoms with E-state index in [1.165, 1.54) is 4.90 Å². The highest BCUT2D eigenvalue weighted by atomic mass is 16.5. The van der Waals surface area contributed by atoms with Crippen LogP contribution in [0.4, 0.5) is 5.69 Å². The lowest BCUT2D eigenvalue weighted by atomic mass is 10.2. The number of anilines is 1. The molecule has 2 aliphatic heterocycles. The maximum Gasteiger partial charge on any atom is 0.265 e. The largest absolute Gasteiger partial charge is 0.509 e. The van der Waals surface area contributed by atoms with Gasteiger partial charge in [-0.1, -0.05) is 6.07 Å². The number of amides is 2. The number of hydrogen-bond acceptors (Lipinski definition) is 5. The lowest BCUT2D eigenvalue weighted by Crippen LogP contribution is -2.32. The minimum Gasteiger partial charge on any atom is -0.509 e. The predicted molar refractivity (Wildman–Crippen MR) is 81.9 cm³/mol. The number of hydrogen-bond donors (Lipinski definition) is 2. The molecule has 23 heavy (non-hydrogen) atoms. The molecule has 0 aromatic heterocycles. The Morgan fingerprint density at radius 1 is 1.48 bits per heavy atom. The van der Waals surface area contributed by atoms with Crippen LogP contribution in [0.25, 0.3) is 0 Å². The van der Waals surface area contributed by atoms with Gasteiger partial charge in [-0.2, -0.15) is 0 Å². The smallest absolute Gasteiger partial charge is 0.265 e. The Balaban J connectivity index is 1.77. The van der Waals surface area contributed by atoms with Crippen LogP contribution >= 0.6 is 0 Å². The summed E-state index contributed by atoms with van der Waals surface area (Å²) >= 11 is 0. The molecule has 1 aromatic rings. The van der Waals surface area contributed by atoms with E-state index in [-0.39, 0.29) is 30.8 Å². The van der Waals surface area contributed by atoms with E-state index in [0.717, 1.165) is 0 Å². The number of nitrogens with one attached hydrogen (secondary N) is 1. The molecule has 0 bridgehead atoms. The number of aliphatic hydroxyl groups excluding tert-OH is 1. The first kappa shape index (κ1) is 15.4. The van der Waals surface area contributed by atoms with Gasteiger partial charge in [-0.3, -0.25) is 9.59 Å². The van der Waals surface area contributed by atoms with Crippen molar-refractivity contribution in [3.8, 4) is 5.75 Å². The number of ether oxygens (including phenoxy) is 2. The highest BCUT2D eigenvalue weighted by molar-refractivity contribution is 6.24. The second-order valence-electron chi connectivity index (χ2n) is 5.70. The molecule has 2 N–H and O–H groups in total. The number of rotatable bonds is 4. The molecule has 2 heterocycles. The summed E-state index contributed by atoms with van der Waals surface area (Å²) in [6.07, 6.45) is 0.0105. The number of benzene rings is 1. The van der Waals surface area contributed by atoms with E-state index in [0.29, 0.717) is 11.4 Å². The molecule has 0 saturated carbocycles. The van der Waals surface area contributed by atoms with Gasteiger partial charge in [0.05, 0.1) is 12.7 Å². The lowest BCUT2D eigenvalue weighted by molar-refractivity contribution is -0.129. The summed E-state index contributed by atoms with van der Waals surface area (Å²) < 4.78 is 10.7. The molecule has 2 aliphatic rings. The molecule has 1 aromatic carbocycles. The van der Waals surface area contributed by atoms with E-state index >= 15 is 0 Å². The van der Waals surface area contributed by atoms with Crippen LogP contribution in [0.1, 0.15) is 13.8 Å². The zero-order valence-electron chi connectivity index (χ0n) is 12.9. The van der Waals surface area contributed by atoms with Gasteiger partial charge in [0.1, 0.15) is 29.9 Å². The SMILES string of the molecule is CC(C)Oc1cccc(NC(=O)C2=C(O)C3COCN3C2=O)c1. The summed E-state index contributed by atoms with van der Waals surface area (Å²) in [6.45, 7) is 4.09. The first-order valence-corrected chi connectivity index (χ1v) is 7.37. The van der Waals surface area contributed by atoms with Crippen molar-refractivity contribution in [1.82, 2.24) is 4.90 Å². The van der Waals surface area contributed by atoms with Crippen LogP contribution in [-0.4, -0.2) is 47.3 Å². The van der Waals surface area contributed by atoms with Crippen LogP contribution in [0.2, 0.25) is 0 Å². The van der Waals surface area contributed by atoms with E-state index in [9.17, 15) is 14.7 Å². The average molecular weight is 318 g/mol. The van der Waals surface area contributed by atoms with Crippen molar-refractivity contribution in [3.63, 3.8) is 0 Å². The Morgan fingerprint density at radius 3 is 2.96 bits per heavy atom. The Morgan fingerprint density at radius 2 is 2.26 bits per heavy atom. The Labute approximate surface area is 133 Å². The van der Waals surface area contributed by atoms with Crippen molar-refractivity contribution in [1.29, 1.82) is 0 Å². The van der Waals surface area contributed by atoms with Crippen molar-refractivity contribution < 1.29 is 24.2 Å². The highest BCUT2D eigenvalue weighted by Gasteiger charge is 2.45. The third-order valence-corrected chi connectivity index (χ3v) is 3.62. The van der Waals surface area contributed by atoms with E-state index in [4.69, 9.17) is 9.47 Å². The van der Waals surface area contributed by atoms with Crippen molar-refractivity contribution in [2.45, 2.75) is 26.0 Å². The number of aliphatic hydroxyl groups is 1. The van der Waals surface area contributed by atoms with E-state index in [1.807, 2.05) is 13.8 Å². The van der Waals surface area contributed by atoms with Crippen molar-refractivity contribution in [2.24, 2.45) is 0 Å². The highest BCUT2D eigenvalue weighted by Crippen LogP contribution is 2.29. The molecule has 1 saturated heterocycles. The topological polar surface area (TPSA) is 88.1 Å². The van der Waals surface area contributed by atoms with Crippen molar-refractivity contribution in [3.05, 3.63) is 35.6 Å². The minimum absolute atomic E-state index is 0.0105. The van der Waals surface area contributed by atoms with Crippen molar-refractivity contribution in [2.75, 3.05) is 18.7 Å². The van der Waals surface area contributed by atoms with Gasteiger partial charge in [0.15, 0.2) is 0 Å². The molecular weight excluding hydrogens is 300 g/mol. The zero-order chi connectivity index (χ0) is 16.6. The van der Waals surface area contributed by atoms with Crippen LogP contribution in [0.15, 0.2) is 35.6 Å². The minimum atomic E-state index is -0.636. The van der Waals surface area contributed by atoms with Crippen LogP contribution < -0.4 is 10.1 Å². The standard InChI is InChI=1S/C16H18N2O5/c1-9(2)23-11-5-3-4-10(6-11)17-15(20)13-14(19)12-7-22-8-18(12)16(13)21/h3-6,9,12,19H,7-8H2,1-2H3,(H,17,20). The molecule has 0 aliphatic carbocycles. The van der Waals surface area contributed by atoms with Gasteiger partial charge < -0.3 is 24.8 Å². The molecule has 1 fully saturated rings. The fourth-order valence-corrected chi connectivity index (χ4v) is 2.62.